The maximum atomic E-state index is 12.3. The van der Waals surface area contributed by atoms with Crippen LogP contribution in [0.5, 0.6) is 11.5 Å². The number of hydrogen-bond donors (Lipinski definition) is 0. The average Bonchev–Trinajstić information content (AvgIpc) is 3.23. The van der Waals surface area contributed by atoms with Gasteiger partial charge in [-0.15, -0.1) is 0 Å². The second kappa shape index (κ2) is 6.46. The molecule has 0 aliphatic carbocycles. The normalized spacial score (nSPS) is 24.3. The van der Waals surface area contributed by atoms with E-state index in [1.807, 2.05) is 19.2 Å². The van der Waals surface area contributed by atoms with Gasteiger partial charge in [-0.2, -0.15) is 0 Å². The van der Waals surface area contributed by atoms with Crippen molar-refractivity contribution >= 4 is 11.9 Å². The third-order valence-electron chi connectivity index (χ3n) is 6.15. The third kappa shape index (κ3) is 2.61. The van der Waals surface area contributed by atoms with Gasteiger partial charge in [0.1, 0.15) is 0 Å². The summed E-state index contributed by atoms with van der Waals surface area (Å²) in [4.78, 5) is 28.6. The van der Waals surface area contributed by atoms with E-state index in [1.165, 1.54) is 7.11 Å². The van der Waals surface area contributed by atoms with Gasteiger partial charge >= 0.3 is 5.97 Å². The molecule has 3 aliphatic rings. The highest BCUT2D eigenvalue weighted by Gasteiger charge is 2.55. The molecule has 3 heterocycles. The van der Waals surface area contributed by atoms with Crippen LogP contribution in [-0.4, -0.2) is 61.3 Å². The number of likely N-dealkylation sites (tertiary alicyclic amines) is 2. The lowest BCUT2D eigenvalue weighted by molar-refractivity contribution is -0.149. The SMILES string of the molecule is COC(=O)C1CC(=O)N(C)C12CCN(Cc1cccc3c1OCO3)CC2. The summed E-state index contributed by atoms with van der Waals surface area (Å²) < 4.78 is 16.0. The lowest BCUT2D eigenvalue weighted by atomic mass is 9.77. The van der Waals surface area contributed by atoms with Crippen LogP contribution < -0.4 is 9.47 Å². The zero-order chi connectivity index (χ0) is 18.3. The summed E-state index contributed by atoms with van der Waals surface area (Å²) in [5.41, 5.74) is 0.690. The van der Waals surface area contributed by atoms with E-state index in [1.54, 1.807) is 4.90 Å². The first-order valence-corrected chi connectivity index (χ1v) is 8.99. The fraction of sp³-hybridized carbons (Fsp3) is 0.579. The number of methoxy groups -OCH3 is 1. The van der Waals surface area contributed by atoms with Crippen molar-refractivity contribution in [3.05, 3.63) is 23.8 Å². The van der Waals surface area contributed by atoms with E-state index in [0.29, 0.717) is 0 Å². The summed E-state index contributed by atoms with van der Waals surface area (Å²) in [6.45, 7) is 2.66. The van der Waals surface area contributed by atoms with Crippen molar-refractivity contribution in [3.8, 4) is 11.5 Å². The van der Waals surface area contributed by atoms with Crippen LogP contribution in [0.25, 0.3) is 0 Å². The Morgan fingerprint density at radius 3 is 2.81 bits per heavy atom. The van der Waals surface area contributed by atoms with E-state index in [2.05, 4.69) is 11.0 Å². The molecule has 0 radical (unpaired) electrons. The minimum atomic E-state index is -0.418. The molecule has 0 aromatic heterocycles. The molecule has 1 aromatic rings. The van der Waals surface area contributed by atoms with Gasteiger partial charge in [-0.1, -0.05) is 12.1 Å². The summed E-state index contributed by atoms with van der Waals surface area (Å²) >= 11 is 0. The topological polar surface area (TPSA) is 68.3 Å². The van der Waals surface area contributed by atoms with Gasteiger partial charge in [-0.3, -0.25) is 14.5 Å². The highest BCUT2D eigenvalue weighted by atomic mass is 16.7. The molecule has 7 nitrogen and oxygen atoms in total. The van der Waals surface area contributed by atoms with Crippen molar-refractivity contribution in [1.82, 2.24) is 9.80 Å². The number of piperidine rings is 1. The van der Waals surface area contributed by atoms with Gasteiger partial charge in [-0.25, -0.2) is 0 Å². The zero-order valence-corrected chi connectivity index (χ0v) is 15.2. The number of ether oxygens (including phenoxy) is 3. The number of amides is 1. The number of carbonyl (C=O) groups is 2. The van der Waals surface area contributed by atoms with Crippen molar-refractivity contribution in [2.75, 3.05) is 34.0 Å². The van der Waals surface area contributed by atoms with Crippen LogP contribution in [0, 0.1) is 5.92 Å². The molecule has 26 heavy (non-hydrogen) atoms. The molecule has 140 valence electrons. The Hall–Kier alpha value is -2.28. The monoisotopic (exact) mass is 360 g/mol. The van der Waals surface area contributed by atoms with Gasteiger partial charge in [0.25, 0.3) is 0 Å². The fourth-order valence-corrected chi connectivity index (χ4v) is 4.57. The Balaban J connectivity index is 1.48. The lowest BCUT2D eigenvalue weighted by Crippen LogP contribution is -2.56. The first-order valence-electron chi connectivity index (χ1n) is 8.99. The quantitative estimate of drug-likeness (QED) is 0.759. The van der Waals surface area contributed by atoms with Crippen LogP contribution in [-0.2, 0) is 20.9 Å². The summed E-state index contributed by atoms with van der Waals surface area (Å²) in [6.07, 6.45) is 1.78. The van der Waals surface area contributed by atoms with Crippen molar-refractivity contribution in [2.24, 2.45) is 5.92 Å². The van der Waals surface area contributed by atoms with E-state index < -0.39 is 5.54 Å². The Bertz CT molecular complexity index is 727. The standard InChI is InChI=1S/C19H24N2O5/c1-20-16(22)10-14(18(23)24-2)19(20)6-8-21(9-7-19)11-13-4-3-5-15-17(13)26-12-25-15/h3-5,14H,6-12H2,1-2H3. The maximum Gasteiger partial charge on any atom is 0.311 e. The molecule has 0 bridgehead atoms. The van der Waals surface area contributed by atoms with Crippen molar-refractivity contribution in [3.63, 3.8) is 0 Å². The number of benzene rings is 1. The Labute approximate surface area is 152 Å². The van der Waals surface area contributed by atoms with E-state index in [-0.39, 0.29) is 31.0 Å². The van der Waals surface area contributed by atoms with E-state index in [0.717, 1.165) is 49.5 Å². The summed E-state index contributed by atoms with van der Waals surface area (Å²) in [7, 11) is 3.21. The molecule has 1 spiro atoms. The third-order valence-corrected chi connectivity index (χ3v) is 6.15. The average molecular weight is 360 g/mol. The van der Waals surface area contributed by atoms with E-state index in [9.17, 15) is 9.59 Å². The Morgan fingerprint density at radius 1 is 1.31 bits per heavy atom. The van der Waals surface area contributed by atoms with Crippen LogP contribution in [0.1, 0.15) is 24.8 Å². The highest BCUT2D eigenvalue weighted by molar-refractivity contribution is 5.88. The van der Waals surface area contributed by atoms with Crippen LogP contribution in [0.2, 0.25) is 0 Å². The summed E-state index contributed by atoms with van der Waals surface area (Å²) in [5, 5.41) is 0. The molecule has 3 aliphatic heterocycles. The summed E-state index contributed by atoms with van der Waals surface area (Å²) in [6, 6.07) is 5.95. The lowest BCUT2D eigenvalue weighted by Gasteiger charge is -2.45. The number of hydrogen-bond acceptors (Lipinski definition) is 6. The van der Waals surface area contributed by atoms with Gasteiger partial charge in [0.2, 0.25) is 12.7 Å². The van der Waals surface area contributed by atoms with Gasteiger partial charge < -0.3 is 19.1 Å². The first-order chi connectivity index (χ1) is 12.5. The molecule has 2 saturated heterocycles. The number of carbonyl (C=O) groups excluding carboxylic acids is 2. The Morgan fingerprint density at radius 2 is 2.08 bits per heavy atom. The minimum Gasteiger partial charge on any atom is -0.469 e. The molecule has 1 atom stereocenters. The van der Waals surface area contributed by atoms with Gasteiger partial charge in [0.05, 0.1) is 18.6 Å². The molecular formula is C19H24N2O5. The van der Waals surface area contributed by atoms with Gasteiger partial charge in [0.15, 0.2) is 11.5 Å². The van der Waals surface area contributed by atoms with Crippen molar-refractivity contribution in [1.29, 1.82) is 0 Å². The minimum absolute atomic E-state index is 0.0280. The van der Waals surface area contributed by atoms with Gasteiger partial charge in [0, 0.05) is 38.7 Å². The second-order valence-electron chi connectivity index (χ2n) is 7.26. The Kier molecular flexibility index (Phi) is 4.26. The van der Waals surface area contributed by atoms with Crippen molar-refractivity contribution < 1.29 is 23.8 Å². The van der Waals surface area contributed by atoms with E-state index in [4.69, 9.17) is 14.2 Å². The van der Waals surface area contributed by atoms with E-state index >= 15 is 0 Å². The number of esters is 1. The molecule has 0 N–H and O–H groups in total. The molecule has 0 saturated carbocycles. The predicted octanol–water partition coefficient (Wildman–Crippen LogP) is 1.40. The largest absolute Gasteiger partial charge is 0.469 e. The molecule has 1 unspecified atom stereocenters. The van der Waals surface area contributed by atoms with Crippen LogP contribution in [0.4, 0.5) is 0 Å². The van der Waals surface area contributed by atoms with Crippen molar-refractivity contribution in [2.45, 2.75) is 31.3 Å². The first kappa shape index (κ1) is 17.1. The second-order valence-corrected chi connectivity index (χ2v) is 7.26. The predicted molar refractivity (Wildman–Crippen MR) is 92.7 cm³/mol. The molecule has 1 aromatic carbocycles. The molecule has 7 heteroatoms. The number of para-hydroxylation sites is 1. The molecule has 4 rings (SSSR count). The number of fused-ring (bicyclic) bond motifs is 1. The summed E-state index contributed by atoms with van der Waals surface area (Å²) in [5.74, 6) is 1.00. The zero-order valence-electron chi connectivity index (χ0n) is 15.2. The highest BCUT2D eigenvalue weighted by Crippen LogP contribution is 2.44. The molecular weight excluding hydrogens is 336 g/mol. The number of rotatable bonds is 3. The van der Waals surface area contributed by atoms with Gasteiger partial charge in [-0.05, 0) is 18.9 Å². The van der Waals surface area contributed by atoms with Crippen LogP contribution in [0.3, 0.4) is 0 Å². The smallest absolute Gasteiger partial charge is 0.311 e. The molecule has 2 fully saturated rings. The fourth-order valence-electron chi connectivity index (χ4n) is 4.57. The number of nitrogens with zero attached hydrogens (tertiary/aromatic N) is 2. The maximum absolute atomic E-state index is 12.3. The van der Waals surface area contributed by atoms with Crippen LogP contribution in [0.15, 0.2) is 18.2 Å². The van der Waals surface area contributed by atoms with Crippen LogP contribution >= 0.6 is 0 Å². The molecule has 1 amide bonds.